The van der Waals surface area contributed by atoms with Gasteiger partial charge in [0, 0.05) is 11.3 Å². The summed E-state index contributed by atoms with van der Waals surface area (Å²) in [6, 6.07) is 9.19. The van der Waals surface area contributed by atoms with E-state index in [1.165, 1.54) is 18.2 Å². The number of H-pyrrole nitrogens is 2. The number of fused-ring (bicyclic) bond motifs is 2. The zero-order valence-corrected chi connectivity index (χ0v) is 12.4. The number of hydrogen-bond donors (Lipinski definition) is 3. The number of hydrogen-bond acceptors (Lipinski definition) is 3. The largest absolute Gasteiger partial charge is 0.488 e. The average molecular weight is 325 g/mol. The molecule has 6 nitrogen and oxygen atoms in total. The minimum atomic E-state index is -0.392. The third kappa shape index (κ3) is 2.56. The number of anilines is 1. The zero-order valence-electron chi connectivity index (χ0n) is 12.4. The monoisotopic (exact) mass is 325 g/mol. The Hall–Kier alpha value is -3.35. The molecule has 2 aromatic carbocycles. The first-order valence-electron chi connectivity index (χ1n) is 7.25. The number of carbonyl (C=O) groups excluding carboxylic acids is 1. The number of aromatic amines is 2. The lowest BCUT2D eigenvalue weighted by Crippen LogP contribution is -2.21. The number of amides is 1. The van der Waals surface area contributed by atoms with Gasteiger partial charge in [0.1, 0.15) is 18.2 Å². The second-order valence-corrected chi connectivity index (χ2v) is 5.43. The van der Waals surface area contributed by atoms with Crippen LogP contribution in [0, 0.1) is 5.82 Å². The lowest BCUT2D eigenvalue weighted by atomic mass is 10.1. The number of nitrogens with one attached hydrogen (secondary N) is 3. The molecule has 7 heteroatoms. The van der Waals surface area contributed by atoms with Crippen molar-refractivity contribution in [2.24, 2.45) is 0 Å². The first-order chi connectivity index (χ1) is 11.6. The minimum Gasteiger partial charge on any atom is -0.488 e. The normalized spacial score (nSPS) is 13.1. The van der Waals surface area contributed by atoms with E-state index in [0.717, 1.165) is 0 Å². The van der Waals surface area contributed by atoms with E-state index in [9.17, 15) is 14.0 Å². The van der Waals surface area contributed by atoms with Crippen molar-refractivity contribution in [1.82, 2.24) is 9.97 Å². The molecule has 2 heterocycles. The number of carbonyl (C=O) groups is 1. The molecule has 120 valence electrons. The van der Waals surface area contributed by atoms with Crippen molar-refractivity contribution >= 4 is 28.7 Å². The van der Waals surface area contributed by atoms with E-state index in [4.69, 9.17) is 4.74 Å². The van der Waals surface area contributed by atoms with Gasteiger partial charge in [0.25, 0.3) is 5.91 Å². The zero-order chi connectivity index (χ0) is 16.7. The molecule has 1 amide bonds. The van der Waals surface area contributed by atoms with Gasteiger partial charge in [-0.15, -0.1) is 0 Å². The van der Waals surface area contributed by atoms with Gasteiger partial charge in [0.05, 0.1) is 16.6 Å². The molecule has 0 radical (unpaired) electrons. The summed E-state index contributed by atoms with van der Waals surface area (Å²) in [5, 5.41) is 2.74. The van der Waals surface area contributed by atoms with Gasteiger partial charge in [-0.05, 0) is 42.5 Å². The van der Waals surface area contributed by atoms with Crippen LogP contribution in [0.3, 0.4) is 0 Å². The molecule has 0 spiro atoms. The maximum atomic E-state index is 13.3. The fourth-order valence-corrected chi connectivity index (χ4v) is 2.60. The topological polar surface area (TPSA) is 87.0 Å². The molecule has 0 unspecified atom stereocenters. The Morgan fingerprint density at radius 3 is 2.83 bits per heavy atom. The summed E-state index contributed by atoms with van der Waals surface area (Å²) in [4.78, 5) is 28.9. The second-order valence-electron chi connectivity index (χ2n) is 5.43. The molecule has 3 aromatic rings. The Bertz CT molecular complexity index is 1050. The first kappa shape index (κ1) is 14.3. The van der Waals surface area contributed by atoms with Crippen LogP contribution in [0.5, 0.6) is 5.75 Å². The van der Waals surface area contributed by atoms with Gasteiger partial charge >= 0.3 is 5.69 Å². The molecule has 3 N–H and O–H groups in total. The summed E-state index contributed by atoms with van der Waals surface area (Å²) in [5.41, 5.74) is 2.39. The molecule has 1 aromatic heterocycles. The van der Waals surface area contributed by atoms with Gasteiger partial charge in [-0.25, -0.2) is 9.18 Å². The van der Waals surface area contributed by atoms with E-state index in [0.29, 0.717) is 33.6 Å². The van der Waals surface area contributed by atoms with E-state index < -0.39 is 5.82 Å². The highest BCUT2D eigenvalue weighted by Gasteiger charge is 2.18. The summed E-state index contributed by atoms with van der Waals surface area (Å²) in [5.74, 6) is -0.196. The van der Waals surface area contributed by atoms with Crippen LogP contribution in [0.4, 0.5) is 10.1 Å². The number of rotatable bonds is 2. The number of benzene rings is 2. The highest BCUT2D eigenvalue weighted by molar-refractivity contribution is 6.08. The third-order valence-corrected chi connectivity index (χ3v) is 3.75. The van der Waals surface area contributed by atoms with Gasteiger partial charge in [0.15, 0.2) is 0 Å². The van der Waals surface area contributed by atoms with Crippen LogP contribution in [0.15, 0.2) is 46.8 Å². The third-order valence-electron chi connectivity index (χ3n) is 3.75. The first-order valence-corrected chi connectivity index (χ1v) is 7.25. The Balaban J connectivity index is 1.60. The lowest BCUT2D eigenvalue weighted by molar-refractivity contribution is -0.113. The fourth-order valence-electron chi connectivity index (χ4n) is 2.60. The van der Waals surface area contributed by atoms with Crippen molar-refractivity contribution in [1.29, 1.82) is 0 Å². The van der Waals surface area contributed by atoms with Crippen molar-refractivity contribution < 1.29 is 13.9 Å². The van der Waals surface area contributed by atoms with Crippen LogP contribution in [0.1, 0.15) is 5.56 Å². The lowest BCUT2D eigenvalue weighted by Gasteiger charge is -2.17. The number of aromatic nitrogens is 2. The van der Waals surface area contributed by atoms with Crippen LogP contribution >= 0.6 is 0 Å². The second kappa shape index (κ2) is 5.38. The summed E-state index contributed by atoms with van der Waals surface area (Å²) in [6.45, 7) is 0.105. The number of halogens is 1. The van der Waals surface area contributed by atoms with Gasteiger partial charge in [-0.3, -0.25) is 4.79 Å². The summed E-state index contributed by atoms with van der Waals surface area (Å²) < 4.78 is 18.8. The summed E-state index contributed by atoms with van der Waals surface area (Å²) in [7, 11) is 0. The highest BCUT2D eigenvalue weighted by atomic mass is 19.1. The van der Waals surface area contributed by atoms with E-state index in [1.54, 1.807) is 24.3 Å². The van der Waals surface area contributed by atoms with Crippen LogP contribution < -0.4 is 15.7 Å². The summed E-state index contributed by atoms with van der Waals surface area (Å²) in [6.07, 6.45) is 1.61. The molecule has 0 atom stereocenters. The number of ether oxygens (including phenoxy) is 1. The molecule has 0 saturated heterocycles. The molecular formula is C17H12FN3O3. The Morgan fingerprint density at radius 2 is 1.96 bits per heavy atom. The van der Waals surface area contributed by atoms with Gasteiger partial charge in [0.2, 0.25) is 0 Å². The molecule has 0 aliphatic carbocycles. The molecular weight excluding hydrogens is 313 g/mol. The van der Waals surface area contributed by atoms with E-state index in [-0.39, 0.29) is 18.2 Å². The molecule has 1 aliphatic rings. The SMILES string of the molecule is O=C(Nc1ccc2[nH]c(=O)[nH]c2c1)C1=Cc2cc(F)ccc2OC1. The van der Waals surface area contributed by atoms with Crippen LogP contribution in [0.25, 0.3) is 17.1 Å². The van der Waals surface area contributed by atoms with Gasteiger partial charge in [-0.1, -0.05) is 0 Å². The van der Waals surface area contributed by atoms with E-state index in [1.807, 2.05) is 0 Å². The van der Waals surface area contributed by atoms with Crippen molar-refractivity contribution in [2.75, 3.05) is 11.9 Å². The minimum absolute atomic E-state index is 0.105. The Labute approximate surface area is 135 Å². The standard InChI is InChI=1S/C17H12FN3O3/c18-11-1-4-15-9(6-11)5-10(8-24-15)16(22)19-12-2-3-13-14(7-12)21-17(23)20-13/h1-7H,8H2,(H,19,22)(H2,20,21,23). The Morgan fingerprint density at radius 1 is 1.12 bits per heavy atom. The van der Waals surface area contributed by atoms with E-state index in [2.05, 4.69) is 15.3 Å². The molecule has 24 heavy (non-hydrogen) atoms. The van der Waals surface area contributed by atoms with E-state index >= 15 is 0 Å². The molecule has 1 aliphatic heterocycles. The van der Waals surface area contributed by atoms with Crippen LogP contribution in [-0.2, 0) is 4.79 Å². The van der Waals surface area contributed by atoms with Crippen molar-refractivity contribution in [3.63, 3.8) is 0 Å². The highest BCUT2D eigenvalue weighted by Crippen LogP contribution is 2.27. The number of imidazole rings is 1. The van der Waals surface area contributed by atoms with Crippen LogP contribution in [-0.4, -0.2) is 22.5 Å². The fraction of sp³-hybridized carbons (Fsp3) is 0.0588. The van der Waals surface area contributed by atoms with Crippen molar-refractivity contribution in [3.8, 4) is 5.75 Å². The maximum absolute atomic E-state index is 13.3. The maximum Gasteiger partial charge on any atom is 0.323 e. The quantitative estimate of drug-likeness (QED) is 0.676. The average Bonchev–Trinajstić information content (AvgIpc) is 2.93. The molecule has 0 bridgehead atoms. The van der Waals surface area contributed by atoms with Crippen LogP contribution in [0.2, 0.25) is 0 Å². The van der Waals surface area contributed by atoms with Crippen molar-refractivity contribution in [2.45, 2.75) is 0 Å². The summed E-state index contributed by atoms with van der Waals surface area (Å²) >= 11 is 0. The van der Waals surface area contributed by atoms with Gasteiger partial charge in [-0.2, -0.15) is 0 Å². The smallest absolute Gasteiger partial charge is 0.323 e. The Kier molecular flexibility index (Phi) is 3.19. The molecule has 0 fully saturated rings. The van der Waals surface area contributed by atoms with Crippen molar-refractivity contribution in [3.05, 3.63) is 63.8 Å². The molecule has 0 saturated carbocycles. The predicted molar refractivity (Wildman–Crippen MR) is 87.4 cm³/mol. The predicted octanol–water partition coefficient (Wildman–Crippen LogP) is 2.41. The molecule has 4 rings (SSSR count). The van der Waals surface area contributed by atoms with Gasteiger partial charge < -0.3 is 20.0 Å².